The fourth-order valence-corrected chi connectivity index (χ4v) is 5.07. The van der Waals surface area contributed by atoms with Crippen molar-refractivity contribution in [1.29, 1.82) is 0 Å². The number of piperidine rings is 1. The van der Waals surface area contributed by atoms with Crippen molar-refractivity contribution in [2.45, 2.75) is 45.3 Å². The number of carbonyl (C=O) groups excluding carboxylic acids is 1. The van der Waals surface area contributed by atoms with Gasteiger partial charge >= 0.3 is 6.18 Å². The van der Waals surface area contributed by atoms with Crippen LogP contribution in [0.5, 0.6) is 0 Å². The number of alkyl halides is 5. The van der Waals surface area contributed by atoms with E-state index in [4.69, 9.17) is 0 Å². The van der Waals surface area contributed by atoms with Gasteiger partial charge in [-0.25, -0.2) is 23.7 Å². The maximum absolute atomic E-state index is 14.6. The van der Waals surface area contributed by atoms with E-state index in [0.29, 0.717) is 21.8 Å². The average Bonchev–Trinajstić information content (AvgIpc) is 3.18. The quantitative estimate of drug-likeness (QED) is 0.459. The van der Waals surface area contributed by atoms with E-state index in [1.807, 2.05) is 6.92 Å². The highest BCUT2D eigenvalue weighted by Gasteiger charge is 2.47. The standard InChI is InChI=1S/C23H23F5N6OS/c1-12-4-5-29-15(6-12)20-19(33-14(3)36-20)21(35)34-11-22(24,25)7-13(2)16(34)8-31-18-10-30-17(9-32-18)23(26,27)28/h4-6,9-10,13,16H,7-8,11H2,1-3H3,(H,31,32). The van der Waals surface area contributed by atoms with Gasteiger partial charge in [0.15, 0.2) is 5.69 Å². The van der Waals surface area contributed by atoms with Crippen LogP contribution in [0.1, 0.15) is 40.1 Å². The Balaban J connectivity index is 1.61. The van der Waals surface area contributed by atoms with E-state index in [1.165, 1.54) is 11.3 Å². The van der Waals surface area contributed by atoms with Gasteiger partial charge in [0.25, 0.3) is 11.8 Å². The van der Waals surface area contributed by atoms with Crippen LogP contribution < -0.4 is 5.32 Å². The number of amides is 1. The summed E-state index contributed by atoms with van der Waals surface area (Å²) < 4.78 is 67.4. The zero-order valence-electron chi connectivity index (χ0n) is 19.6. The van der Waals surface area contributed by atoms with Gasteiger partial charge in [-0.2, -0.15) is 13.2 Å². The molecule has 1 N–H and O–H groups in total. The van der Waals surface area contributed by atoms with Crippen molar-refractivity contribution >= 4 is 23.1 Å². The summed E-state index contributed by atoms with van der Waals surface area (Å²) in [6, 6.07) is 2.90. The lowest BCUT2D eigenvalue weighted by atomic mass is 9.88. The number of aryl methyl sites for hydroxylation is 2. The molecule has 4 heterocycles. The Morgan fingerprint density at radius 3 is 2.61 bits per heavy atom. The molecule has 0 aliphatic carbocycles. The number of halogens is 5. The fraction of sp³-hybridized carbons (Fsp3) is 0.435. The van der Waals surface area contributed by atoms with Crippen LogP contribution in [0, 0.1) is 19.8 Å². The van der Waals surface area contributed by atoms with Gasteiger partial charge in [-0.1, -0.05) is 6.92 Å². The van der Waals surface area contributed by atoms with Gasteiger partial charge in [0.1, 0.15) is 11.5 Å². The summed E-state index contributed by atoms with van der Waals surface area (Å²) in [5.74, 6) is -4.34. The predicted octanol–water partition coefficient (Wildman–Crippen LogP) is 5.23. The summed E-state index contributed by atoms with van der Waals surface area (Å²) >= 11 is 1.25. The van der Waals surface area contributed by atoms with Crippen LogP contribution >= 0.6 is 11.3 Å². The Morgan fingerprint density at radius 2 is 1.97 bits per heavy atom. The molecule has 0 aromatic carbocycles. The Kier molecular flexibility index (Phi) is 6.95. The first-order valence-electron chi connectivity index (χ1n) is 11.1. The summed E-state index contributed by atoms with van der Waals surface area (Å²) in [7, 11) is 0. The first-order chi connectivity index (χ1) is 16.8. The number of nitrogens with one attached hydrogen (secondary N) is 1. The largest absolute Gasteiger partial charge is 0.434 e. The molecule has 1 fully saturated rings. The fourth-order valence-electron chi connectivity index (χ4n) is 4.20. The summed E-state index contributed by atoms with van der Waals surface area (Å²) in [5.41, 5.74) is 0.337. The molecule has 1 saturated heterocycles. The number of rotatable bonds is 5. The number of anilines is 1. The summed E-state index contributed by atoms with van der Waals surface area (Å²) in [6.07, 6.45) is -1.97. The topological polar surface area (TPSA) is 83.9 Å². The zero-order valence-corrected chi connectivity index (χ0v) is 20.4. The number of likely N-dealkylation sites (tertiary alicyclic amines) is 1. The van der Waals surface area contributed by atoms with Crippen LogP contribution in [-0.4, -0.2) is 55.8 Å². The molecule has 0 radical (unpaired) electrons. The van der Waals surface area contributed by atoms with E-state index in [-0.39, 0.29) is 18.1 Å². The number of aromatic nitrogens is 4. The third-order valence-corrected chi connectivity index (χ3v) is 6.85. The van der Waals surface area contributed by atoms with E-state index < -0.39 is 48.6 Å². The molecule has 2 unspecified atom stereocenters. The molecule has 7 nitrogen and oxygen atoms in total. The van der Waals surface area contributed by atoms with E-state index in [1.54, 1.807) is 32.2 Å². The average molecular weight is 527 g/mol. The van der Waals surface area contributed by atoms with Gasteiger partial charge in [-0.15, -0.1) is 11.3 Å². The Morgan fingerprint density at radius 1 is 1.22 bits per heavy atom. The van der Waals surface area contributed by atoms with Crippen molar-refractivity contribution in [3.63, 3.8) is 0 Å². The molecule has 192 valence electrons. The van der Waals surface area contributed by atoms with Crippen molar-refractivity contribution < 1.29 is 26.7 Å². The van der Waals surface area contributed by atoms with Gasteiger partial charge < -0.3 is 10.2 Å². The van der Waals surface area contributed by atoms with Crippen LogP contribution in [0.25, 0.3) is 10.6 Å². The third kappa shape index (κ3) is 5.61. The van der Waals surface area contributed by atoms with Crippen molar-refractivity contribution in [3.8, 4) is 10.6 Å². The summed E-state index contributed by atoms with van der Waals surface area (Å²) in [5, 5.41) is 3.42. The molecule has 0 bridgehead atoms. The number of nitrogens with zero attached hydrogens (tertiary/aromatic N) is 5. The Labute approximate surface area is 207 Å². The molecule has 0 spiro atoms. The zero-order chi connectivity index (χ0) is 26.3. The highest BCUT2D eigenvalue weighted by Crippen LogP contribution is 2.37. The second-order valence-corrected chi connectivity index (χ2v) is 10.0. The van der Waals surface area contributed by atoms with Crippen molar-refractivity contribution in [2.24, 2.45) is 5.92 Å². The third-order valence-electron chi connectivity index (χ3n) is 5.86. The molecule has 3 aromatic rings. The molecular weight excluding hydrogens is 503 g/mol. The normalized spacial score (nSPS) is 19.8. The highest BCUT2D eigenvalue weighted by atomic mass is 32.1. The number of thiazole rings is 1. The van der Waals surface area contributed by atoms with Crippen LogP contribution in [-0.2, 0) is 6.18 Å². The second kappa shape index (κ2) is 9.68. The van der Waals surface area contributed by atoms with Crippen LogP contribution in [0.15, 0.2) is 30.7 Å². The number of hydrogen-bond acceptors (Lipinski definition) is 7. The van der Waals surface area contributed by atoms with Crippen LogP contribution in [0.4, 0.5) is 27.8 Å². The SMILES string of the molecule is Cc1ccnc(-c2sc(C)nc2C(=O)N2CC(F)(F)CC(C)C2CNc2cnc(C(F)(F)F)cn2)c1. The van der Waals surface area contributed by atoms with E-state index in [9.17, 15) is 26.7 Å². The lowest BCUT2D eigenvalue weighted by Gasteiger charge is -2.43. The van der Waals surface area contributed by atoms with E-state index in [2.05, 4.69) is 25.3 Å². The molecule has 2 atom stereocenters. The van der Waals surface area contributed by atoms with Gasteiger partial charge in [-0.3, -0.25) is 9.78 Å². The molecule has 13 heteroatoms. The van der Waals surface area contributed by atoms with Crippen molar-refractivity contribution in [1.82, 2.24) is 24.8 Å². The lowest BCUT2D eigenvalue weighted by Crippen LogP contribution is -2.57. The summed E-state index contributed by atoms with van der Waals surface area (Å²) in [6.45, 7) is 4.38. The van der Waals surface area contributed by atoms with E-state index >= 15 is 0 Å². The Hall–Kier alpha value is -3.22. The molecule has 0 saturated carbocycles. The van der Waals surface area contributed by atoms with Gasteiger partial charge in [-0.05, 0) is 37.5 Å². The maximum atomic E-state index is 14.6. The van der Waals surface area contributed by atoms with Crippen molar-refractivity contribution in [3.05, 3.63) is 52.7 Å². The first kappa shape index (κ1) is 25.9. The molecule has 1 aliphatic rings. The predicted molar refractivity (Wildman–Crippen MR) is 124 cm³/mol. The molecule has 1 amide bonds. The summed E-state index contributed by atoms with van der Waals surface area (Å²) in [4.78, 5) is 30.9. The lowest BCUT2D eigenvalue weighted by molar-refractivity contribution is -0.141. The molecule has 36 heavy (non-hydrogen) atoms. The van der Waals surface area contributed by atoms with Gasteiger partial charge in [0.05, 0.1) is 40.6 Å². The van der Waals surface area contributed by atoms with Crippen molar-refractivity contribution in [2.75, 3.05) is 18.4 Å². The number of pyridine rings is 1. The van der Waals surface area contributed by atoms with Gasteiger partial charge in [0.2, 0.25) is 0 Å². The molecule has 4 rings (SSSR count). The number of carbonyl (C=O) groups is 1. The van der Waals surface area contributed by atoms with Crippen LogP contribution in [0.3, 0.4) is 0 Å². The minimum absolute atomic E-state index is 0.00974. The molecule has 3 aromatic heterocycles. The highest BCUT2D eigenvalue weighted by molar-refractivity contribution is 7.15. The second-order valence-electron chi connectivity index (χ2n) is 8.83. The monoisotopic (exact) mass is 526 g/mol. The smallest absolute Gasteiger partial charge is 0.367 e. The minimum Gasteiger partial charge on any atom is -0.367 e. The minimum atomic E-state index is -4.63. The first-order valence-corrected chi connectivity index (χ1v) is 11.9. The van der Waals surface area contributed by atoms with Crippen LogP contribution in [0.2, 0.25) is 0 Å². The van der Waals surface area contributed by atoms with E-state index in [0.717, 1.165) is 16.7 Å². The molecule has 1 aliphatic heterocycles. The maximum Gasteiger partial charge on any atom is 0.434 e. The Bertz CT molecular complexity index is 1250. The molecular formula is C23H23F5N6OS. The number of hydrogen-bond donors (Lipinski definition) is 1. The van der Waals surface area contributed by atoms with Gasteiger partial charge in [0, 0.05) is 19.2 Å².